The van der Waals surface area contributed by atoms with Crippen molar-refractivity contribution in [3.8, 4) is 0 Å². The second-order valence-electron chi connectivity index (χ2n) is 4.43. The lowest BCUT2D eigenvalue weighted by Crippen LogP contribution is -2.28. The molecule has 0 fully saturated rings. The number of aromatic nitrogens is 2. The number of aryl methyl sites for hydroxylation is 1. The van der Waals surface area contributed by atoms with Crippen molar-refractivity contribution in [2.24, 2.45) is 0 Å². The molecule has 0 aliphatic rings. The second-order valence-corrected chi connectivity index (χ2v) is 4.43. The molecule has 0 saturated heterocycles. The summed E-state index contributed by atoms with van der Waals surface area (Å²) in [5.41, 5.74) is 2.01. The van der Waals surface area contributed by atoms with E-state index in [4.69, 9.17) is 5.11 Å². The first-order valence-corrected chi connectivity index (χ1v) is 6.12. The Morgan fingerprint density at radius 3 is 2.71 bits per heavy atom. The van der Waals surface area contributed by atoms with Gasteiger partial charge in [0.2, 0.25) is 6.39 Å². The number of amides is 2. The minimum absolute atomic E-state index is 0.110. The van der Waals surface area contributed by atoms with Gasteiger partial charge in [-0.05, 0) is 37.1 Å². The van der Waals surface area contributed by atoms with Crippen molar-refractivity contribution in [2.75, 3.05) is 5.32 Å². The van der Waals surface area contributed by atoms with Gasteiger partial charge in [0.05, 0.1) is 12.1 Å². The van der Waals surface area contributed by atoms with E-state index in [1.54, 1.807) is 19.9 Å². The van der Waals surface area contributed by atoms with Crippen LogP contribution in [0.1, 0.15) is 27.3 Å². The van der Waals surface area contributed by atoms with Crippen molar-refractivity contribution in [3.05, 3.63) is 41.0 Å². The molecule has 0 bridgehead atoms. The molecule has 0 aliphatic carbocycles. The molecule has 1 heterocycles. The number of nitrogens with zero attached hydrogens (tertiary/aromatic N) is 2. The molecule has 2 amide bonds. The Bertz CT molecular complexity index is 667. The lowest BCUT2D eigenvalue weighted by Gasteiger charge is -2.11. The third kappa shape index (κ3) is 3.56. The van der Waals surface area contributed by atoms with Crippen LogP contribution >= 0.6 is 0 Å². The summed E-state index contributed by atoms with van der Waals surface area (Å²) < 4.78 is 4.54. The quantitative estimate of drug-likeness (QED) is 0.789. The number of carboxylic acid groups (broad SMARTS) is 1. The number of carbonyl (C=O) groups is 2. The van der Waals surface area contributed by atoms with Gasteiger partial charge in [0, 0.05) is 5.69 Å². The highest BCUT2D eigenvalue weighted by Gasteiger charge is 2.12. The van der Waals surface area contributed by atoms with Crippen LogP contribution in [-0.2, 0) is 6.54 Å². The number of hydrogen-bond acceptors (Lipinski definition) is 5. The molecule has 8 nitrogen and oxygen atoms in total. The van der Waals surface area contributed by atoms with Gasteiger partial charge in [-0.1, -0.05) is 5.16 Å². The zero-order chi connectivity index (χ0) is 15.4. The Kier molecular flexibility index (Phi) is 4.17. The fourth-order valence-corrected chi connectivity index (χ4v) is 1.76. The summed E-state index contributed by atoms with van der Waals surface area (Å²) >= 11 is 0. The zero-order valence-corrected chi connectivity index (χ0v) is 11.5. The molecular formula is C13H14N4O4. The molecule has 2 rings (SSSR count). The number of carboxylic acids is 1. The number of benzene rings is 1. The van der Waals surface area contributed by atoms with Crippen LogP contribution in [0.3, 0.4) is 0 Å². The normalized spacial score (nSPS) is 10.2. The first-order valence-electron chi connectivity index (χ1n) is 6.12. The van der Waals surface area contributed by atoms with Crippen molar-refractivity contribution < 1.29 is 19.2 Å². The van der Waals surface area contributed by atoms with E-state index in [0.29, 0.717) is 17.1 Å². The van der Waals surface area contributed by atoms with E-state index in [0.717, 1.165) is 12.0 Å². The predicted molar refractivity (Wildman–Crippen MR) is 73.0 cm³/mol. The number of rotatable bonds is 4. The van der Waals surface area contributed by atoms with Crippen LogP contribution in [0.4, 0.5) is 10.5 Å². The maximum Gasteiger partial charge on any atom is 0.336 e. The maximum atomic E-state index is 11.7. The van der Waals surface area contributed by atoms with Gasteiger partial charge in [-0.3, -0.25) is 0 Å². The Balaban J connectivity index is 2.05. The van der Waals surface area contributed by atoms with E-state index in [9.17, 15) is 9.59 Å². The molecule has 2 aromatic rings. The van der Waals surface area contributed by atoms with Crippen LogP contribution in [0.15, 0.2) is 23.0 Å². The van der Waals surface area contributed by atoms with Gasteiger partial charge in [-0.2, -0.15) is 4.98 Å². The molecule has 0 unspecified atom stereocenters. The monoisotopic (exact) mass is 290 g/mol. The third-order valence-electron chi connectivity index (χ3n) is 2.97. The topological polar surface area (TPSA) is 117 Å². The zero-order valence-electron chi connectivity index (χ0n) is 11.5. The van der Waals surface area contributed by atoms with Crippen molar-refractivity contribution in [2.45, 2.75) is 20.4 Å². The fourth-order valence-electron chi connectivity index (χ4n) is 1.76. The number of carbonyl (C=O) groups excluding carboxylic acids is 1. The lowest BCUT2D eigenvalue weighted by molar-refractivity contribution is 0.0696. The highest BCUT2D eigenvalue weighted by atomic mass is 16.5. The van der Waals surface area contributed by atoms with Crippen LogP contribution < -0.4 is 10.6 Å². The summed E-state index contributed by atoms with van der Waals surface area (Å²) in [7, 11) is 0. The van der Waals surface area contributed by atoms with Crippen molar-refractivity contribution in [1.29, 1.82) is 0 Å². The molecule has 0 atom stereocenters. The molecule has 0 aliphatic heterocycles. The number of aromatic carboxylic acids is 1. The molecule has 0 saturated carbocycles. The Morgan fingerprint density at radius 1 is 1.33 bits per heavy atom. The average molecular weight is 290 g/mol. The second kappa shape index (κ2) is 6.04. The number of nitrogens with one attached hydrogen (secondary N) is 2. The third-order valence-corrected chi connectivity index (χ3v) is 2.97. The molecule has 0 spiro atoms. The molecule has 110 valence electrons. The van der Waals surface area contributed by atoms with Gasteiger partial charge in [0.1, 0.15) is 0 Å². The SMILES string of the molecule is Cc1cc(NC(=O)NCc2ncon2)cc(C(=O)O)c1C. The summed E-state index contributed by atoms with van der Waals surface area (Å²) in [5, 5.41) is 17.8. The Morgan fingerprint density at radius 2 is 2.10 bits per heavy atom. The average Bonchev–Trinajstić information content (AvgIpc) is 2.93. The van der Waals surface area contributed by atoms with Crippen molar-refractivity contribution in [1.82, 2.24) is 15.5 Å². The molecular weight excluding hydrogens is 276 g/mol. The fraction of sp³-hybridized carbons (Fsp3) is 0.231. The van der Waals surface area contributed by atoms with Crippen LogP contribution in [0.5, 0.6) is 0 Å². The van der Waals surface area contributed by atoms with Gasteiger partial charge in [-0.25, -0.2) is 9.59 Å². The molecule has 3 N–H and O–H groups in total. The summed E-state index contributed by atoms with van der Waals surface area (Å²) in [4.78, 5) is 26.6. The summed E-state index contributed by atoms with van der Waals surface area (Å²) in [5.74, 6) is -0.692. The van der Waals surface area contributed by atoms with Crippen LogP contribution in [0.25, 0.3) is 0 Å². The first kappa shape index (κ1) is 14.5. The number of urea groups is 1. The van der Waals surface area contributed by atoms with E-state index < -0.39 is 12.0 Å². The minimum atomic E-state index is -1.04. The number of hydrogen-bond donors (Lipinski definition) is 3. The van der Waals surface area contributed by atoms with Gasteiger partial charge >= 0.3 is 12.0 Å². The molecule has 21 heavy (non-hydrogen) atoms. The smallest absolute Gasteiger partial charge is 0.336 e. The van der Waals surface area contributed by atoms with Crippen LogP contribution in [0, 0.1) is 13.8 Å². The van der Waals surface area contributed by atoms with E-state index >= 15 is 0 Å². The first-order chi connectivity index (χ1) is 9.97. The van der Waals surface area contributed by atoms with E-state index in [-0.39, 0.29) is 12.1 Å². The lowest BCUT2D eigenvalue weighted by atomic mass is 10.0. The van der Waals surface area contributed by atoms with Crippen molar-refractivity contribution >= 4 is 17.7 Å². The van der Waals surface area contributed by atoms with Crippen LogP contribution in [0.2, 0.25) is 0 Å². The number of anilines is 1. The minimum Gasteiger partial charge on any atom is -0.478 e. The van der Waals surface area contributed by atoms with Gasteiger partial charge in [0.15, 0.2) is 5.82 Å². The maximum absolute atomic E-state index is 11.7. The van der Waals surface area contributed by atoms with Gasteiger partial charge < -0.3 is 20.3 Å². The highest BCUT2D eigenvalue weighted by molar-refractivity contribution is 5.94. The van der Waals surface area contributed by atoms with E-state index in [1.165, 1.54) is 6.07 Å². The highest BCUT2D eigenvalue weighted by Crippen LogP contribution is 2.20. The Labute approximate surface area is 120 Å². The molecule has 0 radical (unpaired) electrons. The Hall–Kier alpha value is -2.90. The molecule has 1 aromatic heterocycles. The molecule has 8 heteroatoms. The molecule has 1 aromatic carbocycles. The van der Waals surface area contributed by atoms with E-state index in [1.807, 2.05) is 0 Å². The largest absolute Gasteiger partial charge is 0.478 e. The summed E-state index contributed by atoms with van der Waals surface area (Å²) in [6.07, 6.45) is 1.16. The predicted octanol–water partition coefficient (Wildman–Crippen LogP) is 1.71. The van der Waals surface area contributed by atoms with Gasteiger partial charge in [-0.15, -0.1) is 0 Å². The van der Waals surface area contributed by atoms with Crippen molar-refractivity contribution in [3.63, 3.8) is 0 Å². The standard InChI is InChI=1S/C13H14N4O4/c1-7-3-9(4-10(8(7)2)12(18)19)16-13(20)14-5-11-15-6-21-17-11/h3-4,6H,5H2,1-2H3,(H,18,19)(H2,14,16,20). The van der Waals surface area contributed by atoms with Gasteiger partial charge in [0.25, 0.3) is 0 Å². The summed E-state index contributed by atoms with van der Waals surface area (Å²) in [6.45, 7) is 3.61. The van der Waals surface area contributed by atoms with Crippen LogP contribution in [-0.4, -0.2) is 27.2 Å². The summed E-state index contributed by atoms with van der Waals surface area (Å²) in [6, 6.07) is 2.63. The van der Waals surface area contributed by atoms with E-state index in [2.05, 4.69) is 25.3 Å².